The van der Waals surface area contributed by atoms with E-state index in [1.165, 1.54) is 24.3 Å². The minimum atomic E-state index is -3.62. The molecule has 1 aliphatic carbocycles. The lowest BCUT2D eigenvalue weighted by Crippen LogP contribution is -2.36. The van der Waals surface area contributed by atoms with Crippen molar-refractivity contribution in [3.63, 3.8) is 0 Å². The monoisotopic (exact) mass is 381 g/mol. The first-order chi connectivity index (χ1) is 10.4. The highest BCUT2D eigenvalue weighted by molar-refractivity contribution is 7.90. The van der Waals surface area contributed by atoms with Gasteiger partial charge in [0.15, 0.2) is 0 Å². The summed E-state index contributed by atoms with van der Waals surface area (Å²) in [5, 5.41) is 3.08. The molecule has 1 aliphatic heterocycles. The molecule has 1 atom stereocenters. The zero-order chi connectivity index (χ0) is 15.8. The number of hydrogen-bond donors (Lipinski definition) is 3. The number of sulfonamides is 2. The Morgan fingerprint density at radius 2 is 1.30 bits per heavy atom. The maximum Gasteiger partial charge on any atom is 0.240 e. The van der Waals surface area contributed by atoms with Crippen LogP contribution in [-0.2, 0) is 20.0 Å². The molecule has 0 aromatic heterocycles. The van der Waals surface area contributed by atoms with E-state index in [1.807, 2.05) is 0 Å². The highest BCUT2D eigenvalue weighted by atomic mass is 35.5. The van der Waals surface area contributed by atoms with E-state index in [9.17, 15) is 16.8 Å². The summed E-state index contributed by atoms with van der Waals surface area (Å²) in [5.74, 6) is 0. The van der Waals surface area contributed by atoms with E-state index in [1.54, 1.807) is 0 Å². The van der Waals surface area contributed by atoms with Crippen LogP contribution in [0.15, 0.2) is 34.1 Å². The number of halogens is 1. The van der Waals surface area contributed by atoms with E-state index in [0.717, 1.165) is 25.8 Å². The van der Waals surface area contributed by atoms with E-state index in [4.69, 9.17) is 0 Å². The summed E-state index contributed by atoms with van der Waals surface area (Å²) in [5.41, 5.74) is 0. The van der Waals surface area contributed by atoms with Crippen LogP contribution < -0.4 is 14.8 Å². The van der Waals surface area contributed by atoms with E-state index < -0.39 is 20.0 Å². The molecule has 2 fully saturated rings. The quantitative estimate of drug-likeness (QED) is 0.652. The molecular weight excluding hydrogens is 362 g/mol. The molecule has 1 saturated carbocycles. The Morgan fingerprint density at radius 3 is 1.70 bits per heavy atom. The van der Waals surface area contributed by atoms with E-state index in [2.05, 4.69) is 14.8 Å². The molecule has 0 amide bonds. The van der Waals surface area contributed by atoms with Crippen molar-refractivity contribution in [1.82, 2.24) is 14.8 Å². The topological polar surface area (TPSA) is 104 Å². The Morgan fingerprint density at radius 1 is 0.826 bits per heavy atom. The van der Waals surface area contributed by atoms with Gasteiger partial charge in [-0.1, -0.05) is 0 Å². The maximum absolute atomic E-state index is 12.2. The molecule has 3 rings (SSSR count). The van der Waals surface area contributed by atoms with Crippen molar-refractivity contribution in [1.29, 1.82) is 0 Å². The minimum Gasteiger partial charge on any atom is -0.315 e. The fourth-order valence-electron chi connectivity index (χ4n) is 2.33. The smallest absolute Gasteiger partial charge is 0.240 e. The first-order valence-corrected chi connectivity index (χ1v) is 10.2. The van der Waals surface area contributed by atoms with Gasteiger partial charge < -0.3 is 5.32 Å². The van der Waals surface area contributed by atoms with Gasteiger partial charge in [-0.05, 0) is 50.1 Å². The Kier molecular flexibility index (Phi) is 5.70. The molecule has 0 radical (unpaired) electrons. The summed E-state index contributed by atoms with van der Waals surface area (Å²) >= 11 is 0. The molecule has 2 aliphatic rings. The summed E-state index contributed by atoms with van der Waals surface area (Å²) in [6, 6.07) is 5.20. The molecule has 10 heteroatoms. The van der Waals surface area contributed by atoms with Gasteiger partial charge in [-0.15, -0.1) is 12.4 Å². The lowest BCUT2D eigenvalue weighted by molar-refractivity contribution is 0.559. The highest BCUT2D eigenvalue weighted by Gasteiger charge is 2.28. The van der Waals surface area contributed by atoms with Crippen molar-refractivity contribution in [2.75, 3.05) is 13.1 Å². The highest BCUT2D eigenvalue weighted by Crippen LogP contribution is 2.22. The fourth-order valence-corrected chi connectivity index (χ4v) is 4.90. The van der Waals surface area contributed by atoms with Gasteiger partial charge in [0, 0.05) is 18.6 Å². The first-order valence-electron chi connectivity index (χ1n) is 7.22. The van der Waals surface area contributed by atoms with Crippen LogP contribution in [0.4, 0.5) is 0 Å². The van der Waals surface area contributed by atoms with Crippen LogP contribution >= 0.6 is 12.4 Å². The second-order valence-electron chi connectivity index (χ2n) is 5.68. The lowest BCUT2D eigenvalue weighted by atomic mass is 10.3. The Hall–Kier alpha value is -0.710. The molecule has 130 valence electrons. The van der Waals surface area contributed by atoms with Crippen LogP contribution in [0.3, 0.4) is 0 Å². The predicted octanol–water partition coefficient (Wildman–Crippen LogP) is 0.189. The second kappa shape index (κ2) is 7.04. The molecule has 3 N–H and O–H groups in total. The van der Waals surface area contributed by atoms with Crippen molar-refractivity contribution in [3.8, 4) is 0 Å². The third-order valence-corrected chi connectivity index (χ3v) is 6.80. The molecule has 1 unspecified atom stereocenters. The van der Waals surface area contributed by atoms with Gasteiger partial charge in [0.2, 0.25) is 20.0 Å². The minimum absolute atomic E-state index is 0. The normalized spacial score (nSPS) is 21.8. The third kappa shape index (κ3) is 4.65. The standard InChI is InChI=1S/C13H19N3O4S2.ClH/c17-21(18,15-10-1-2-10)12-3-5-13(6-4-12)22(19,20)16-11-7-8-14-9-11;/h3-6,10-11,14-16H,1-2,7-9H2;1H. The van der Waals surface area contributed by atoms with Crippen LogP contribution in [0, 0.1) is 0 Å². The summed E-state index contributed by atoms with van der Waals surface area (Å²) in [6.45, 7) is 1.40. The van der Waals surface area contributed by atoms with Crippen LogP contribution in [0.2, 0.25) is 0 Å². The van der Waals surface area contributed by atoms with E-state index in [-0.39, 0.29) is 34.3 Å². The lowest BCUT2D eigenvalue weighted by Gasteiger charge is -2.12. The summed E-state index contributed by atoms with van der Waals surface area (Å²) in [7, 11) is -7.18. The molecule has 1 saturated heterocycles. The molecule has 7 nitrogen and oxygen atoms in total. The molecule has 1 aromatic rings. The fraction of sp³-hybridized carbons (Fsp3) is 0.538. The van der Waals surface area contributed by atoms with Crippen molar-refractivity contribution in [3.05, 3.63) is 24.3 Å². The van der Waals surface area contributed by atoms with Crippen molar-refractivity contribution >= 4 is 32.5 Å². The van der Waals surface area contributed by atoms with Crippen LogP contribution in [0.5, 0.6) is 0 Å². The number of rotatable bonds is 6. The number of nitrogens with one attached hydrogen (secondary N) is 3. The van der Waals surface area contributed by atoms with Crippen molar-refractivity contribution in [2.24, 2.45) is 0 Å². The van der Waals surface area contributed by atoms with Crippen molar-refractivity contribution < 1.29 is 16.8 Å². The number of benzene rings is 1. The van der Waals surface area contributed by atoms with Crippen molar-refractivity contribution in [2.45, 2.75) is 41.1 Å². The van der Waals surface area contributed by atoms with Gasteiger partial charge in [0.05, 0.1) is 9.79 Å². The van der Waals surface area contributed by atoms with Gasteiger partial charge in [-0.2, -0.15) is 0 Å². The summed E-state index contributed by atoms with van der Waals surface area (Å²) in [4.78, 5) is 0.158. The van der Waals surface area contributed by atoms with Gasteiger partial charge >= 0.3 is 0 Å². The summed E-state index contributed by atoms with van der Waals surface area (Å²) < 4.78 is 53.7. The third-order valence-electron chi connectivity index (χ3n) is 3.73. The van der Waals surface area contributed by atoms with Gasteiger partial charge in [-0.3, -0.25) is 0 Å². The predicted molar refractivity (Wildman–Crippen MR) is 88.6 cm³/mol. The Labute approximate surface area is 142 Å². The van der Waals surface area contributed by atoms with Crippen LogP contribution in [0.1, 0.15) is 19.3 Å². The average molecular weight is 382 g/mol. The average Bonchev–Trinajstić information content (AvgIpc) is 3.11. The maximum atomic E-state index is 12.2. The zero-order valence-corrected chi connectivity index (χ0v) is 14.8. The molecule has 0 bridgehead atoms. The molecule has 1 heterocycles. The van der Waals surface area contributed by atoms with E-state index in [0.29, 0.717) is 6.54 Å². The zero-order valence-electron chi connectivity index (χ0n) is 12.4. The first kappa shape index (κ1) is 18.6. The second-order valence-corrected chi connectivity index (χ2v) is 9.11. The Bertz CT molecular complexity index is 740. The number of hydrogen-bond acceptors (Lipinski definition) is 5. The van der Waals surface area contributed by atoms with Crippen LogP contribution in [-0.4, -0.2) is 42.0 Å². The summed E-state index contributed by atoms with van der Waals surface area (Å²) in [6.07, 6.45) is 2.45. The Balaban J connectivity index is 0.00000192. The molecule has 1 aromatic carbocycles. The molecule has 23 heavy (non-hydrogen) atoms. The van der Waals surface area contributed by atoms with Gasteiger partial charge in [-0.25, -0.2) is 26.3 Å². The molecular formula is C13H20ClN3O4S2. The van der Waals surface area contributed by atoms with E-state index >= 15 is 0 Å². The van der Waals surface area contributed by atoms with Gasteiger partial charge in [0.25, 0.3) is 0 Å². The van der Waals surface area contributed by atoms with Gasteiger partial charge in [0.1, 0.15) is 0 Å². The molecule has 0 spiro atoms. The van der Waals surface area contributed by atoms with Crippen LogP contribution in [0.25, 0.3) is 0 Å². The largest absolute Gasteiger partial charge is 0.315 e. The SMILES string of the molecule is Cl.O=S(=O)(NC1CC1)c1ccc(S(=O)(=O)NC2CCNC2)cc1.